The number of para-hydroxylation sites is 1. The van der Waals surface area contributed by atoms with Gasteiger partial charge in [-0.2, -0.15) is 0 Å². The van der Waals surface area contributed by atoms with Crippen molar-refractivity contribution in [3.63, 3.8) is 0 Å². The molecule has 2 rings (SSSR count). The molecule has 0 aliphatic carbocycles. The van der Waals surface area contributed by atoms with Crippen LogP contribution in [-0.2, 0) is 0 Å². The summed E-state index contributed by atoms with van der Waals surface area (Å²) >= 11 is 0. The number of nitrogens with one attached hydrogen (secondary N) is 1. The van der Waals surface area contributed by atoms with E-state index in [1.807, 2.05) is 32.0 Å². The number of rotatable bonds is 6. The minimum atomic E-state index is 0.0555. The van der Waals surface area contributed by atoms with Gasteiger partial charge >= 0.3 is 0 Å². The fraction of sp³-hybridized carbons (Fsp3) is 0.235. The van der Waals surface area contributed by atoms with Crippen molar-refractivity contribution in [1.29, 1.82) is 5.41 Å². The maximum absolute atomic E-state index is 7.33. The molecule has 110 valence electrons. The Morgan fingerprint density at radius 1 is 0.952 bits per heavy atom. The van der Waals surface area contributed by atoms with E-state index in [0.717, 1.165) is 22.6 Å². The standard InChI is InChI=1S/C17H20N2O2/c1-12-4-3-5-13(2)16(12)21-11-10-20-15-8-6-14(7-9-15)17(18)19/h3-9H,10-11H2,1-2H3,(H3,18,19). The zero-order chi connectivity index (χ0) is 15.2. The van der Waals surface area contributed by atoms with Gasteiger partial charge in [0.15, 0.2) is 0 Å². The largest absolute Gasteiger partial charge is 0.490 e. The predicted octanol–water partition coefficient (Wildman–Crippen LogP) is 3.05. The van der Waals surface area contributed by atoms with Gasteiger partial charge in [0.1, 0.15) is 30.5 Å². The van der Waals surface area contributed by atoms with Crippen molar-refractivity contribution >= 4 is 5.84 Å². The molecule has 0 aromatic heterocycles. The summed E-state index contributed by atoms with van der Waals surface area (Å²) in [6.45, 7) is 5.01. The van der Waals surface area contributed by atoms with E-state index in [0.29, 0.717) is 18.8 Å². The summed E-state index contributed by atoms with van der Waals surface area (Å²) in [5, 5.41) is 7.33. The SMILES string of the molecule is Cc1cccc(C)c1OCCOc1ccc(C(=N)N)cc1. The predicted molar refractivity (Wildman–Crippen MR) is 84.4 cm³/mol. The van der Waals surface area contributed by atoms with Crippen LogP contribution in [0.15, 0.2) is 42.5 Å². The second-order valence-corrected chi connectivity index (χ2v) is 4.86. The van der Waals surface area contributed by atoms with Gasteiger partial charge < -0.3 is 15.2 Å². The van der Waals surface area contributed by atoms with Crippen LogP contribution in [-0.4, -0.2) is 19.0 Å². The molecular formula is C17H20N2O2. The van der Waals surface area contributed by atoms with E-state index in [2.05, 4.69) is 0 Å². The Morgan fingerprint density at radius 2 is 1.52 bits per heavy atom. The molecule has 4 heteroatoms. The number of hydrogen-bond donors (Lipinski definition) is 2. The highest BCUT2D eigenvalue weighted by molar-refractivity contribution is 5.94. The molecular weight excluding hydrogens is 264 g/mol. The highest BCUT2D eigenvalue weighted by Gasteiger charge is 2.03. The Kier molecular flexibility index (Phi) is 4.82. The zero-order valence-corrected chi connectivity index (χ0v) is 12.3. The topological polar surface area (TPSA) is 68.3 Å². The molecule has 0 atom stereocenters. The highest BCUT2D eigenvalue weighted by Crippen LogP contribution is 2.22. The summed E-state index contributed by atoms with van der Waals surface area (Å²) in [5.74, 6) is 1.72. The van der Waals surface area contributed by atoms with Crippen LogP contribution >= 0.6 is 0 Å². The van der Waals surface area contributed by atoms with Crippen LogP contribution in [0.4, 0.5) is 0 Å². The number of nitrogens with two attached hydrogens (primary N) is 1. The number of hydrogen-bond acceptors (Lipinski definition) is 3. The average molecular weight is 284 g/mol. The average Bonchev–Trinajstić information content (AvgIpc) is 2.46. The van der Waals surface area contributed by atoms with Crippen molar-refractivity contribution in [2.45, 2.75) is 13.8 Å². The number of aryl methyl sites for hydroxylation is 2. The summed E-state index contributed by atoms with van der Waals surface area (Å²) in [6, 6.07) is 13.2. The number of nitrogen functional groups attached to an aromatic ring is 1. The molecule has 0 unspecified atom stereocenters. The molecule has 0 aliphatic rings. The van der Waals surface area contributed by atoms with E-state index in [1.165, 1.54) is 0 Å². The normalized spacial score (nSPS) is 10.2. The van der Waals surface area contributed by atoms with Gasteiger partial charge in [-0.05, 0) is 49.2 Å². The summed E-state index contributed by atoms with van der Waals surface area (Å²) in [4.78, 5) is 0. The van der Waals surface area contributed by atoms with Crippen LogP contribution in [0.25, 0.3) is 0 Å². The van der Waals surface area contributed by atoms with E-state index in [9.17, 15) is 0 Å². The molecule has 2 aromatic rings. The minimum absolute atomic E-state index is 0.0555. The van der Waals surface area contributed by atoms with Crippen molar-refractivity contribution in [2.24, 2.45) is 5.73 Å². The number of benzene rings is 2. The van der Waals surface area contributed by atoms with Crippen molar-refractivity contribution in [2.75, 3.05) is 13.2 Å². The molecule has 0 saturated carbocycles. The lowest BCUT2D eigenvalue weighted by Gasteiger charge is -2.12. The fourth-order valence-electron chi connectivity index (χ4n) is 2.06. The summed E-state index contributed by atoms with van der Waals surface area (Å²) in [5.41, 5.74) is 8.34. The van der Waals surface area contributed by atoms with E-state index in [1.54, 1.807) is 24.3 Å². The van der Waals surface area contributed by atoms with Gasteiger partial charge in [0.25, 0.3) is 0 Å². The van der Waals surface area contributed by atoms with Gasteiger partial charge in [-0.25, -0.2) is 0 Å². The molecule has 3 N–H and O–H groups in total. The summed E-state index contributed by atoms with van der Waals surface area (Å²) in [7, 11) is 0. The van der Waals surface area contributed by atoms with Crippen LogP contribution in [0.3, 0.4) is 0 Å². The molecule has 0 saturated heterocycles. The monoisotopic (exact) mass is 284 g/mol. The lowest BCUT2D eigenvalue weighted by Crippen LogP contribution is -2.12. The molecule has 0 spiro atoms. The quantitative estimate of drug-likeness (QED) is 0.486. The lowest BCUT2D eigenvalue weighted by molar-refractivity contribution is 0.215. The van der Waals surface area contributed by atoms with E-state index < -0.39 is 0 Å². The maximum atomic E-state index is 7.33. The van der Waals surface area contributed by atoms with Gasteiger partial charge in [-0.3, -0.25) is 5.41 Å². The first-order chi connectivity index (χ1) is 10.1. The van der Waals surface area contributed by atoms with Gasteiger partial charge in [0, 0.05) is 5.56 Å². The van der Waals surface area contributed by atoms with Crippen LogP contribution in [0.2, 0.25) is 0 Å². The van der Waals surface area contributed by atoms with Crippen molar-refractivity contribution < 1.29 is 9.47 Å². The molecule has 2 aromatic carbocycles. The molecule has 0 radical (unpaired) electrons. The Morgan fingerprint density at radius 3 is 2.10 bits per heavy atom. The summed E-state index contributed by atoms with van der Waals surface area (Å²) < 4.78 is 11.4. The number of ether oxygens (including phenoxy) is 2. The summed E-state index contributed by atoms with van der Waals surface area (Å²) in [6.07, 6.45) is 0. The third-order valence-electron chi connectivity index (χ3n) is 3.17. The molecule has 0 heterocycles. The first-order valence-corrected chi connectivity index (χ1v) is 6.84. The minimum Gasteiger partial charge on any atom is -0.490 e. The molecule has 4 nitrogen and oxygen atoms in total. The maximum Gasteiger partial charge on any atom is 0.125 e. The van der Waals surface area contributed by atoms with E-state index >= 15 is 0 Å². The zero-order valence-electron chi connectivity index (χ0n) is 12.3. The second-order valence-electron chi connectivity index (χ2n) is 4.86. The van der Waals surface area contributed by atoms with E-state index in [-0.39, 0.29) is 5.84 Å². The van der Waals surface area contributed by atoms with Gasteiger partial charge in [0.2, 0.25) is 0 Å². The van der Waals surface area contributed by atoms with Crippen molar-refractivity contribution in [3.8, 4) is 11.5 Å². The van der Waals surface area contributed by atoms with Gasteiger partial charge in [-0.1, -0.05) is 18.2 Å². The molecule has 0 amide bonds. The van der Waals surface area contributed by atoms with Crippen LogP contribution in [0.5, 0.6) is 11.5 Å². The van der Waals surface area contributed by atoms with Crippen molar-refractivity contribution in [1.82, 2.24) is 0 Å². The molecule has 0 fully saturated rings. The molecule has 0 bridgehead atoms. The first-order valence-electron chi connectivity index (χ1n) is 6.84. The van der Waals surface area contributed by atoms with Crippen LogP contribution in [0, 0.1) is 19.3 Å². The Bertz CT molecular complexity index is 601. The van der Waals surface area contributed by atoms with E-state index in [4.69, 9.17) is 20.6 Å². The Hall–Kier alpha value is -2.49. The van der Waals surface area contributed by atoms with Gasteiger partial charge in [-0.15, -0.1) is 0 Å². The highest BCUT2D eigenvalue weighted by atomic mass is 16.5. The lowest BCUT2D eigenvalue weighted by atomic mass is 10.1. The third-order valence-corrected chi connectivity index (χ3v) is 3.17. The molecule has 0 aliphatic heterocycles. The van der Waals surface area contributed by atoms with Gasteiger partial charge in [0.05, 0.1) is 0 Å². The number of amidine groups is 1. The fourth-order valence-corrected chi connectivity index (χ4v) is 2.06. The third kappa shape index (κ3) is 3.99. The first kappa shape index (κ1) is 14.9. The van der Waals surface area contributed by atoms with Crippen LogP contribution in [0.1, 0.15) is 16.7 Å². The van der Waals surface area contributed by atoms with Crippen molar-refractivity contribution in [3.05, 3.63) is 59.2 Å². The Labute approximate surface area is 125 Å². The molecule has 21 heavy (non-hydrogen) atoms. The Balaban J connectivity index is 1.83. The van der Waals surface area contributed by atoms with Crippen LogP contribution < -0.4 is 15.2 Å². The smallest absolute Gasteiger partial charge is 0.125 e. The second kappa shape index (κ2) is 6.79.